The Morgan fingerprint density at radius 1 is 1.00 bits per heavy atom. The van der Waals surface area contributed by atoms with Crippen molar-refractivity contribution in [2.45, 2.75) is 13.8 Å². The van der Waals surface area contributed by atoms with Gasteiger partial charge in [-0.1, -0.05) is 30.3 Å². The zero-order valence-electron chi connectivity index (χ0n) is 14.6. The Labute approximate surface area is 155 Å². The molecule has 5 nitrogen and oxygen atoms in total. The van der Waals surface area contributed by atoms with E-state index in [1.165, 1.54) is 11.3 Å². The highest BCUT2D eigenvalue weighted by atomic mass is 32.1. The van der Waals surface area contributed by atoms with Crippen LogP contribution in [0.15, 0.2) is 48.5 Å². The van der Waals surface area contributed by atoms with Gasteiger partial charge in [0, 0.05) is 10.1 Å². The molecule has 1 aromatic heterocycles. The van der Waals surface area contributed by atoms with Crippen molar-refractivity contribution in [3.8, 4) is 5.75 Å². The summed E-state index contributed by atoms with van der Waals surface area (Å²) in [6.45, 7) is 4.34. The van der Waals surface area contributed by atoms with E-state index in [-0.39, 0.29) is 12.5 Å². The first-order valence-electron chi connectivity index (χ1n) is 8.37. The Hall–Kier alpha value is -2.86. The number of carbonyl (C=O) groups is 2. The number of benzene rings is 2. The minimum atomic E-state index is -0.446. The van der Waals surface area contributed by atoms with E-state index in [4.69, 9.17) is 9.47 Å². The van der Waals surface area contributed by atoms with Gasteiger partial charge < -0.3 is 14.8 Å². The number of hydrogen-bond donors (Lipinski definition) is 1. The van der Waals surface area contributed by atoms with Crippen molar-refractivity contribution in [2.75, 3.05) is 18.5 Å². The SMILES string of the molecule is CCOC(=O)c1c(NC(=O)c2ccccc2OCC)sc2ccccc12. The number of nitrogens with one attached hydrogen (secondary N) is 1. The van der Waals surface area contributed by atoms with Crippen molar-refractivity contribution >= 4 is 38.3 Å². The molecule has 0 saturated carbocycles. The van der Waals surface area contributed by atoms with Crippen LogP contribution in [0.5, 0.6) is 5.75 Å². The number of rotatable bonds is 6. The maximum Gasteiger partial charge on any atom is 0.341 e. The number of thiophene rings is 1. The van der Waals surface area contributed by atoms with E-state index in [0.29, 0.717) is 28.5 Å². The quantitative estimate of drug-likeness (QED) is 0.638. The Kier molecular flexibility index (Phi) is 5.53. The predicted octanol–water partition coefficient (Wildman–Crippen LogP) is 4.73. The lowest BCUT2D eigenvalue weighted by Gasteiger charge is -2.10. The molecule has 0 atom stereocenters. The normalized spacial score (nSPS) is 10.5. The molecule has 134 valence electrons. The maximum absolute atomic E-state index is 12.8. The summed E-state index contributed by atoms with van der Waals surface area (Å²) in [4.78, 5) is 25.2. The van der Waals surface area contributed by atoms with Gasteiger partial charge in [0.05, 0.1) is 18.8 Å². The predicted molar refractivity (Wildman–Crippen MR) is 103 cm³/mol. The summed E-state index contributed by atoms with van der Waals surface area (Å²) in [5.41, 5.74) is 0.802. The molecule has 0 aliphatic rings. The van der Waals surface area contributed by atoms with E-state index in [1.54, 1.807) is 25.1 Å². The first-order chi connectivity index (χ1) is 12.7. The topological polar surface area (TPSA) is 64.6 Å². The van der Waals surface area contributed by atoms with Gasteiger partial charge in [-0.2, -0.15) is 0 Å². The monoisotopic (exact) mass is 369 g/mol. The van der Waals surface area contributed by atoms with E-state index in [9.17, 15) is 9.59 Å². The largest absolute Gasteiger partial charge is 0.493 e. The molecule has 26 heavy (non-hydrogen) atoms. The van der Waals surface area contributed by atoms with E-state index in [2.05, 4.69) is 5.32 Å². The second-order valence-electron chi connectivity index (χ2n) is 5.41. The first kappa shape index (κ1) is 17.9. The Bertz CT molecular complexity index is 948. The molecular formula is C20H19NO4S. The third-order valence-electron chi connectivity index (χ3n) is 3.73. The Morgan fingerprint density at radius 2 is 1.73 bits per heavy atom. The Morgan fingerprint density at radius 3 is 2.50 bits per heavy atom. The Balaban J connectivity index is 1.99. The molecule has 3 aromatic rings. The number of carbonyl (C=O) groups excluding carboxylic acids is 2. The molecule has 0 bridgehead atoms. The van der Waals surface area contributed by atoms with Gasteiger partial charge in [0.2, 0.25) is 0 Å². The van der Waals surface area contributed by atoms with Crippen molar-refractivity contribution in [2.24, 2.45) is 0 Å². The van der Waals surface area contributed by atoms with Crippen LogP contribution in [0.3, 0.4) is 0 Å². The van der Waals surface area contributed by atoms with E-state index >= 15 is 0 Å². The summed E-state index contributed by atoms with van der Waals surface area (Å²) in [5.74, 6) is -0.268. The summed E-state index contributed by atoms with van der Waals surface area (Å²) in [6, 6.07) is 14.5. The van der Waals surface area contributed by atoms with Gasteiger partial charge in [-0.15, -0.1) is 11.3 Å². The highest BCUT2D eigenvalue weighted by molar-refractivity contribution is 7.23. The van der Waals surface area contributed by atoms with Gasteiger partial charge in [-0.25, -0.2) is 4.79 Å². The number of fused-ring (bicyclic) bond motifs is 1. The van der Waals surface area contributed by atoms with Gasteiger partial charge in [0.15, 0.2) is 0 Å². The smallest absolute Gasteiger partial charge is 0.341 e. The first-order valence-corrected chi connectivity index (χ1v) is 9.19. The maximum atomic E-state index is 12.8. The molecule has 0 aliphatic carbocycles. The number of esters is 1. The molecule has 2 aromatic carbocycles. The van der Waals surface area contributed by atoms with Crippen LogP contribution in [0.4, 0.5) is 5.00 Å². The van der Waals surface area contributed by atoms with Crippen molar-refractivity contribution in [1.82, 2.24) is 0 Å². The number of anilines is 1. The van der Waals surface area contributed by atoms with Gasteiger partial charge in [0.1, 0.15) is 16.3 Å². The minimum absolute atomic E-state index is 0.267. The van der Waals surface area contributed by atoms with Crippen LogP contribution in [0.1, 0.15) is 34.6 Å². The number of para-hydroxylation sites is 1. The summed E-state index contributed by atoms with van der Waals surface area (Å²) in [5, 5.41) is 4.09. The van der Waals surface area contributed by atoms with Gasteiger partial charge in [-0.3, -0.25) is 4.79 Å². The van der Waals surface area contributed by atoms with Crippen molar-refractivity contribution in [3.63, 3.8) is 0 Å². The number of amides is 1. The molecule has 0 fully saturated rings. The highest BCUT2D eigenvalue weighted by Gasteiger charge is 2.22. The zero-order valence-corrected chi connectivity index (χ0v) is 15.4. The molecule has 0 radical (unpaired) electrons. The second kappa shape index (κ2) is 8.01. The van der Waals surface area contributed by atoms with Gasteiger partial charge in [0.25, 0.3) is 5.91 Å². The van der Waals surface area contributed by atoms with E-state index in [1.807, 2.05) is 37.3 Å². The second-order valence-corrected chi connectivity index (χ2v) is 6.46. The third-order valence-corrected chi connectivity index (χ3v) is 4.82. The third kappa shape index (κ3) is 3.55. The van der Waals surface area contributed by atoms with E-state index < -0.39 is 5.97 Å². The molecule has 0 unspecified atom stereocenters. The van der Waals surface area contributed by atoms with Crippen LogP contribution < -0.4 is 10.1 Å². The molecule has 3 rings (SSSR count). The molecule has 1 amide bonds. The molecular weight excluding hydrogens is 350 g/mol. The average Bonchev–Trinajstić information content (AvgIpc) is 3.00. The van der Waals surface area contributed by atoms with Crippen molar-refractivity contribution in [1.29, 1.82) is 0 Å². The summed E-state index contributed by atoms with van der Waals surface area (Å²) in [6.07, 6.45) is 0. The van der Waals surface area contributed by atoms with Crippen LogP contribution in [0.2, 0.25) is 0 Å². The fraction of sp³-hybridized carbons (Fsp3) is 0.200. The zero-order chi connectivity index (χ0) is 18.5. The molecule has 6 heteroatoms. The molecule has 1 heterocycles. The van der Waals surface area contributed by atoms with Crippen LogP contribution in [-0.4, -0.2) is 25.1 Å². The highest BCUT2D eigenvalue weighted by Crippen LogP contribution is 2.36. The fourth-order valence-electron chi connectivity index (χ4n) is 2.65. The summed E-state index contributed by atoms with van der Waals surface area (Å²) in [7, 11) is 0. The van der Waals surface area contributed by atoms with Crippen LogP contribution >= 0.6 is 11.3 Å². The van der Waals surface area contributed by atoms with Gasteiger partial charge >= 0.3 is 5.97 Å². The van der Waals surface area contributed by atoms with Crippen LogP contribution in [-0.2, 0) is 4.74 Å². The number of hydrogen-bond acceptors (Lipinski definition) is 5. The molecule has 0 spiro atoms. The van der Waals surface area contributed by atoms with Crippen molar-refractivity contribution < 1.29 is 19.1 Å². The lowest BCUT2D eigenvalue weighted by atomic mass is 10.1. The van der Waals surface area contributed by atoms with Gasteiger partial charge in [-0.05, 0) is 32.0 Å². The lowest BCUT2D eigenvalue weighted by Crippen LogP contribution is -2.15. The average molecular weight is 369 g/mol. The van der Waals surface area contributed by atoms with E-state index in [0.717, 1.165) is 10.1 Å². The molecule has 0 saturated heterocycles. The van der Waals surface area contributed by atoms with Crippen LogP contribution in [0.25, 0.3) is 10.1 Å². The summed E-state index contributed by atoms with van der Waals surface area (Å²) >= 11 is 1.35. The summed E-state index contributed by atoms with van der Waals surface area (Å²) < 4.78 is 11.6. The molecule has 0 aliphatic heterocycles. The van der Waals surface area contributed by atoms with Crippen LogP contribution in [0, 0.1) is 0 Å². The lowest BCUT2D eigenvalue weighted by molar-refractivity contribution is 0.0530. The number of ether oxygens (including phenoxy) is 2. The molecule has 1 N–H and O–H groups in total. The van der Waals surface area contributed by atoms with Crippen molar-refractivity contribution in [3.05, 3.63) is 59.7 Å². The fourth-order valence-corrected chi connectivity index (χ4v) is 3.73. The standard InChI is InChI=1S/C20H19NO4S/c1-3-24-15-11-7-5-9-13(15)18(22)21-19-17(20(23)25-4-2)14-10-6-8-12-16(14)26-19/h5-12H,3-4H2,1-2H3,(H,21,22). The minimum Gasteiger partial charge on any atom is -0.493 e.